The van der Waals surface area contributed by atoms with Crippen molar-refractivity contribution < 1.29 is 19.1 Å². The highest BCUT2D eigenvalue weighted by Gasteiger charge is 2.18. The van der Waals surface area contributed by atoms with Crippen LogP contribution in [0.2, 0.25) is 0 Å². The zero-order valence-corrected chi connectivity index (χ0v) is 8.11. The van der Waals surface area contributed by atoms with Gasteiger partial charge in [-0.3, -0.25) is 0 Å². The zero-order chi connectivity index (χ0) is 10.7. The van der Waals surface area contributed by atoms with Crippen LogP contribution < -0.4 is 5.73 Å². The Morgan fingerprint density at radius 3 is 2.93 bits per heavy atom. The predicted molar refractivity (Wildman–Crippen MR) is 48.8 cm³/mol. The molecule has 5 heteroatoms. The van der Waals surface area contributed by atoms with Gasteiger partial charge in [-0.05, 0) is 13.0 Å². The lowest BCUT2D eigenvalue weighted by atomic mass is 10.2. The van der Waals surface area contributed by atoms with E-state index >= 15 is 0 Å². The molecule has 1 rings (SSSR count). The molecule has 0 amide bonds. The van der Waals surface area contributed by atoms with Crippen molar-refractivity contribution in [2.75, 3.05) is 13.7 Å². The largest absolute Gasteiger partial charge is 0.465 e. The first-order valence-corrected chi connectivity index (χ1v) is 4.15. The number of carbonyl (C=O) groups excluding carboxylic acids is 1. The SMILES string of the molecule is COC(=O)c1cc([C@H](N)CO)oc1C. The van der Waals surface area contributed by atoms with Crippen LogP contribution in [0.3, 0.4) is 0 Å². The highest BCUT2D eigenvalue weighted by molar-refractivity contribution is 5.90. The summed E-state index contributed by atoms with van der Waals surface area (Å²) in [4.78, 5) is 11.2. The molecule has 3 N–H and O–H groups in total. The minimum Gasteiger partial charge on any atom is -0.465 e. The number of carbonyl (C=O) groups is 1. The number of aliphatic hydroxyl groups is 1. The Morgan fingerprint density at radius 1 is 1.79 bits per heavy atom. The third-order valence-corrected chi connectivity index (χ3v) is 1.90. The van der Waals surface area contributed by atoms with Crippen molar-refractivity contribution in [3.63, 3.8) is 0 Å². The van der Waals surface area contributed by atoms with E-state index in [9.17, 15) is 4.79 Å². The Hall–Kier alpha value is -1.33. The highest BCUT2D eigenvalue weighted by Crippen LogP contribution is 2.19. The van der Waals surface area contributed by atoms with E-state index in [1.54, 1.807) is 6.92 Å². The van der Waals surface area contributed by atoms with E-state index in [0.29, 0.717) is 17.1 Å². The number of ether oxygens (including phenoxy) is 1. The van der Waals surface area contributed by atoms with E-state index in [1.165, 1.54) is 13.2 Å². The van der Waals surface area contributed by atoms with Crippen molar-refractivity contribution in [2.45, 2.75) is 13.0 Å². The minimum absolute atomic E-state index is 0.229. The highest BCUT2D eigenvalue weighted by atomic mass is 16.5. The summed E-state index contributed by atoms with van der Waals surface area (Å²) in [6.45, 7) is 1.41. The number of hydrogen-bond acceptors (Lipinski definition) is 5. The Labute approximate surface area is 81.5 Å². The summed E-state index contributed by atoms with van der Waals surface area (Å²) in [5.74, 6) is 0.351. The summed E-state index contributed by atoms with van der Waals surface area (Å²) in [6, 6.07) is 0.884. The van der Waals surface area contributed by atoms with Crippen LogP contribution in [0.15, 0.2) is 10.5 Å². The van der Waals surface area contributed by atoms with E-state index in [-0.39, 0.29) is 6.61 Å². The zero-order valence-electron chi connectivity index (χ0n) is 8.11. The molecular formula is C9H13NO4. The lowest BCUT2D eigenvalue weighted by molar-refractivity contribution is 0.0599. The van der Waals surface area contributed by atoms with Gasteiger partial charge in [-0.1, -0.05) is 0 Å². The van der Waals surface area contributed by atoms with E-state index in [4.69, 9.17) is 15.3 Å². The van der Waals surface area contributed by atoms with Gasteiger partial charge in [0, 0.05) is 0 Å². The Kier molecular flexibility index (Phi) is 3.27. The molecule has 5 nitrogen and oxygen atoms in total. The number of methoxy groups -OCH3 is 1. The molecule has 1 atom stereocenters. The second-order valence-corrected chi connectivity index (χ2v) is 2.90. The average molecular weight is 199 g/mol. The lowest BCUT2D eigenvalue weighted by Gasteiger charge is -2.01. The van der Waals surface area contributed by atoms with E-state index in [0.717, 1.165) is 0 Å². The summed E-state index contributed by atoms with van der Waals surface area (Å²) >= 11 is 0. The summed E-state index contributed by atoms with van der Waals surface area (Å²) in [6.07, 6.45) is 0. The van der Waals surface area contributed by atoms with Crippen LogP contribution in [0.1, 0.15) is 27.9 Å². The molecule has 0 bridgehead atoms. The van der Waals surface area contributed by atoms with Gasteiger partial charge in [-0.2, -0.15) is 0 Å². The van der Waals surface area contributed by atoms with Gasteiger partial charge >= 0.3 is 5.97 Å². The van der Waals surface area contributed by atoms with Crippen molar-refractivity contribution in [3.05, 3.63) is 23.2 Å². The smallest absolute Gasteiger partial charge is 0.341 e. The van der Waals surface area contributed by atoms with Crippen molar-refractivity contribution in [2.24, 2.45) is 5.73 Å². The normalized spacial score (nSPS) is 12.6. The maximum atomic E-state index is 11.2. The standard InChI is InChI=1S/C9H13NO4/c1-5-6(9(12)13-2)3-8(14-5)7(10)4-11/h3,7,11H,4,10H2,1-2H3/t7-/m1/s1. The molecule has 0 fully saturated rings. The topological polar surface area (TPSA) is 85.7 Å². The molecule has 1 aromatic heterocycles. The van der Waals surface area contributed by atoms with Crippen LogP contribution in [0, 0.1) is 6.92 Å². The van der Waals surface area contributed by atoms with Gasteiger partial charge < -0.3 is 20.0 Å². The molecule has 0 unspecified atom stereocenters. The van der Waals surface area contributed by atoms with Gasteiger partial charge in [0.25, 0.3) is 0 Å². The van der Waals surface area contributed by atoms with Crippen molar-refractivity contribution in [1.82, 2.24) is 0 Å². The number of aliphatic hydroxyl groups excluding tert-OH is 1. The quantitative estimate of drug-likeness (QED) is 0.687. The molecule has 1 aromatic rings. The van der Waals surface area contributed by atoms with Gasteiger partial charge in [0.2, 0.25) is 0 Å². The van der Waals surface area contributed by atoms with Gasteiger partial charge in [-0.15, -0.1) is 0 Å². The molecule has 1 heterocycles. The summed E-state index contributed by atoms with van der Waals surface area (Å²) in [7, 11) is 1.29. The first-order valence-electron chi connectivity index (χ1n) is 4.15. The van der Waals surface area contributed by atoms with Gasteiger partial charge in [0.1, 0.15) is 17.1 Å². The number of aryl methyl sites for hydroxylation is 1. The average Bonchev–Trinajstić information content (AvgIpc) is 2.58. The van der Waals surface area contributed by atoms with E-state index in [2.05, 4.69) is 4.74 Å². The number of nitrogens with two attached hydrogens (primary N) is 1. The maximum absolute atomic E-state index is 11.2. The van der Waals surface area contributed by atoms with Crippen LogP contribution in [-0.4, -0.2) is 24.8 Å². The van der Waals surface area contributed by atoms with E-state index in [1.807, 2.05) is 0 Å². The number of hydrogen-bond donors (Lipinski definition) is 2. The molecule has 0 saturated carbocycles. The van der Waals surface area contributed by atoms with Crippen molar-refractivity contribution in [1.29, 1.82) is 0 Å². The van der Waals surface area contributed by atoms with Crippen LogP contribution >= 0.6 is 0 Å². The molecule has 0 aliphatic heterocycles. The fraction of sp³-hybridized carbons (Fsp3) is 0.444. The Bertz CT molecular complexity index is 332. The maximum Gasteiger partial charge on any atom is 0.341 e. The van der Waals surface area contributed by atoms with Crippen molar-refractivity contribution in [3.8, 4) is 0 Å². The second-order valence-electron chi connectivity index (χ2n) is 2.90. The predicted octanol–water partition coefficient (Wildman–Crippen LogP) is 0.367. The van der Waals surface area contributed by atoms with Gasteiger partial charge in [0.05, 0.1) is 19.8 Å². The molecule has 0 aliphatic carbocycles. The van der Waals surface area contributed by atoms with Gasteiger partial charge in [-0.25, -0.2) is 4.79 Å². The third-order valence-electron chi connectivity index (χ3n) is 1.90. The van der Waals surface area contributed by atoms with Crippen LogP contribution in [0.4, 0.5) is 0 Å². The Morgan fingerprint density at radius 2 is 2.43 bits per heavy atom. The monoisotopic (exact) mass is 199 g/mol. The third kappa shape index (κ3) is 1.94. The van der Waals surface area contributed by atoms with Crippen molar-refractivity contribution >= 4 is 5.97 Å². The molecule has 14 heavy (non-hydrogen) atoms. The fourth-order valence-corrected chi connectivity index (χ4v) is 1.09. The first kappa shape index (κ1) is 10.7. The van der Waals surface area contributed by atoms with Gasteiger partial charge in [0.15, 0.2) is 0 Å². The molecular weight excluding hydrogens is 186 g/mol. The molecule has 0 radical (unpaired) electrons. The van der Waals surface area contributed by atoms with Crippen LogP contribution in [0.5, 0.6) is 0 Å². The fourth-order valence-electron chi connectivity index (χ4n) is 1.09. The number of rotatable bonds is 3. The molecule has 0 spiro atoms. The molecule has 0 aliphatic rings. The van der Waals surface area contributed by atoms with Crippen LogP contribution in [-0.2, 0) is 4.74 Å². The summed E-state index contributed by atoms with van der Waals surface area (Å²) in [5.41, 5.74) is 5.86. The molecule has 78 valence electrons. The molecule has 0 saturated heterocycles. The summed E-state index contributed by atoms with van der Waals surface area (Å²) in [5, 5.41) is 8.78. The Balaban J connectivity index is 2.98. The number of esters is 1. The lowest BCUT2D eigenvalue weighted by Crippen LogP contribution is -2.13. The number of furan rings is 1. The minimum atomic E-state index is -0.605. The molecule has 0 aromatic carbocycles. The summed E-state index contributed by atoms with van der Waals surface area (Å²) < 4.78 is 9.75. The second kappa shape index (κ2) is 4.26. The first-order chi connectivity index (χ1) is 6.60. The van der Waals surface area contributed by atoms with Crippen LogP contribution in [0.25, 0.3) is 0 Å². The van der Waals surface area contributed by atoms with E-state index < -0.39 is 12.0 Å².